The molecule has 0 saturated carbocycles. The molecule has 2 aliphatic rings. The Hall–Kier alpha value is -2.44. The summed E-state index contributed by atoms with van der Waals surface area (Å²) in [5.41, 5.74) is 1.81. The molecule has 4 rings (SSSR count). The lowest BCUT2D eigenvalue weighted by molar-refractivity contribution is 0.0724. The van der Waals surface area contributed by atoms with E-state index in [1.165, 1.54) is 6.42 Å². The Bertz CT molecular complexity index is 857. The van der Waals surface area contributed by atoms with E-state index >= 15 is 0 Å². The molecule has 0 spiro atoms. The molecule has 2 saturated heterocycles. The van der Waals surface area contributed by atoms with Crippen LogP contribution >= 0.6 is 0 Å². The molecule has 1 aromatic heterocycles. The maximum atomic E-state index is 13.0. The molecule has 0 radical (unpaired) electrons. The Morgan fingerprint density at radius 1 is 1.03 bits per heavy atom. The predicted octanol–water partition coefficient (Wildman–Crippen LogP) is 4.03. The first-order valence-corrected chi connectivity index (χ1v) is 11.6. The summed E-state index contributed by atoms with van der Waals surface area (Å²) in [6, 6.07) is 10.3. The van der Waals surface area contributed by atoms with Gasteiger partial charge >= 0.3 is 0 Å². The van der Waals surface area contributed by atoms with E-state index in [-0.39, 0.29) is 5.91 Å². The lowest BCUT2D eigenvalue weighted by Crippen LogP contribution is -2.48. The van der Waals surface area contributed by atoms with Crippen LogP contribution in [-0.2, 0) is 6.54 Å². The molecule has 6 heteroatoms. The van der Waals surface area contributed by atoms with Crippen LogP contribution < -0.4 is 4.74 Å². The molecule has 1 amide bonds. The number of piperidine rings is 1. The summed E-state index contributed by atoms with van der Waals surface area (Å²) < 4.78 is 6.22. The van der Waals surface area contributed by atoms with Crippen LogP contribution in [0, 0.1) is 0 Å². The van der Waals surface area contributed by atoms with Gasteiger partial charge in [0.05, 0.1) is 6.20 Å². The average molecular weight is 423 g/mol. The van der Waals surface area contributed by atoms with Gasteiger partial charge in [-0.05, 0) is 57.4 Å². The molecule has 0 bridgehead atoms. The summed E-state index contributed by atoms with van der Waals surface area (Å²) in [6.45, 7) is 11.3. The van der Waals surface area contributed by atoms with E-state index in [4.69, 9.17) is 4.74 Å². The molecule has 1 aromatic carbocycles. The van der Waals surface area contributed by atoms with E-state index < -0.39 is 0 Å². The molecule has 166 valence electrons. The van der Waals surface area contributed by atoms with Crippen LogP contribution in [0.15, 0.2) is 42.7 Å². The lowest BCUT2D eigenvalue weighted by atomic mass is 10.1. The fraction of sp³-hybridized carbons (Fsp3) is 0.520. The van der Waals surface area contributed by atoms with Crippen molar-refractivity contribution in [3.8, 4) is 11.5 Å². The Labute approximate surface area is 185 Å². The van der Waals surface area contributed by atoms with Crippen molar-refractivity contribution in [1.29, 1.82) is 0 Å². The molecule has 0 aliphatic carbocycles. The maximum absolute atomic E-state index is 13.0. The van der Waals surface area contributed by atoms with Gasteiger partial charge in [0.2, 0.25) is 0 Å². The zero-order valence-electron chi connectivity index (χ0n) is 18.8. The lowest BCUT2D eigenvalue weighted by Gasteiger charge is -2.37. The highest BCUT2D eigenvalue weighted by Gasteiger charge is 2.22. The molecule has 31 heavy (non-hydrogen) atoms. The number of aromatic nitrogens is 1. The summed E-state index contributed by atoms with van der Waals surface area (Å²) >= 11 is 0. The summed E-state index contributed by atoms with van der Waals surface area (Å²) in [5.74, 6) is 1.55. The van der Waals surface area contributed by atoms with Gasteiger partial charge < -0.3 is 9.64 Å². The number of likely N-dealkylation sites (tertiary alicyclic amines) is 1. The first-order valence-electron chi connectivity index (χ1n) is 11.6. The third-order valence-corrected chi connectivity index (χ3v) is 6.35. The second-order valence-corrected chi connectivity index (χ2v) is 8.87. The predicted molar refractivity (Wildman–Crippen MR) is 122 cm³/mol. The van der Waals surface area contributed by atoms with E-state index in [9.17, 15) is 4.79 Å². The summed E-state index contributed by atoms with van der Waals surface area (Å²) in [7, 11) is 0. The number of rotatable bonds is 6. The van der Waals surface area contributed by atoms with Crippen molar-refractivity contribution in [2.75, 3.05) is 39.3 Å². The number of hydrogen-bond donors (Lipinski definition) is 0. The summed E-state index contributed by atoms with van der Waals surface area (Å²) in [4.78, 5) is 24.2. The number of carbonyl (C=O) groups excluding carboxylic acids is 1. The molecule has 2 aliphatic heterocycles. The number of piperazine rings is 1. The van der Waals surface area contributed by atoms with Crippen LogP contribution in [0.5, 0.6) is 11.5 Å². The van der Waals surface area contributed by atoms with Crippen molar-refractivity contribution in [3.63, 3.8) is 0 Å². The minimum atomic E-state index is 0.104. The van der Waals surface area contributed by atoms with Gasteiger partial charge in [0.25, 0.3) is 5.91 Å². The molecule has 2 fully saturated rings. The second kappa shape index (κ2) is 10.2. The number of carbonyl (C=O) groups is 1. The number of benzene rings is 1. The number of hydrogen-bond acceptors (Lipinski definition) is 5. The van der Waals surface area contributed by atoms with Crippen LogP contribution in [0.25, 0.3) is 0 Å². The van der Waals surface area contributed by atoms with Gasteiger partial charge in [-0.15, -0.1) is 0 Å². The third kappa shape index (κ3) is 5.63. The van der Waals surface area contributed by atoms with E-state index in [1.807, 2.05) is 29.2 Å². The van der Waals surface area contributed by atoms with Gasteiger partial charge in [0.15, 0.2) is 0 Å². The summed E-state index contributed by atoms with van der Waals surface area (Å²) in [6.07, 6.45) is 6.83. The highest BCUT2D eigenvalue weighted by atomic mass is 16.5. The average Bonchev–Trinajstić information content (AvgIpc) is 2.81. The minimum Gasteiger partial charge on any atom is -0.455 e. The summed E-state index contributed by atoms with van der Waals surface area (Å²) in [5, 5.41) is 0. The van der Waals surface area contributed by atoms with Crippen LogP contribution in [0.1, 0.15) is 49.0 Å². The number of nitrogens with zero attached hydrogens (tertiary/aromatic N) is 4. The minimum absolute atomic E-state index is 0.104. The van der Waals surface area contributed by atoms with Crippen molar-refractivity contribution in [1.82, 2.24) is 19.7 Å². The van der Waals surface area contributed by atoms with Gasteiger partial charge in [-0.1, -0.05) is 6.07 Å². The van der Waals surface area contributed by atoms with Gasteiger partial charge in [0, 0.05) is 69.2 Å². The molecule has 0 atom stereocenters. The highest BCUT2D eigenvalue weighted by Crippen LogP contribution is 2.29. The van der Waals surface area contributed by atoms with E-state index in [0.717, 1.165) is 70.0 Å². The maximum Gasteiger partial charge on any atom is 0.253 e. The van der Waals surface area contributed by atoms with Crippen LogP contribution in [0.4, 0.5) is 0 Å². The van der Waals surface area contributed by atoms with Gasteiger partial charge in [-0.2, -0.15) is 0 Å². The number of pyridine rings is 1. The monoisotopic (exact) mass is 422 g/mol. The number of ether oxygens (including phenoxy) is 1. The first kappa shape index (κ1) is 21.8. The first-order chi connectivity index (χ1) is 15.1. The van der Waals surface area contributed by atoms with Crippen LogP contribution in [-0.4, -0.2) is 70.9 Å². The van der Waals surface area contributed by atoms with Gasteiger partial charge in [0.1, 0.15) is 11.5 Å². The molecular formula is C25H34N4O2. The van der Waals surface area contributed by atoms with Gasteiger partial charge in [-0.3, -0.25) is 19.6 Å². The molecule has 2 aromatic rings. The van der Waals surface area contributed by atoms with Crippen molar-refractivity contribution >= 4 is 5.91 Å². The Morgan fingerprint density at radius 2 is 1.81 bits per heavy atom. The SMILES string of the molecule is CC(C)N1CCN(Cc2ccc(C(=O)N3CCCCC3)cc2Oc2cccnc2)CC1. The molecule has 6 nitrogen and oxygen atoms in total. The zero-order valence-corrected chi connectivity index (χ0v) is 18.8. The van der Waals surface area contributed by atoms with Crippen LogP contribution in [0.3, 0.4) is 0 Å². The Kier molecular flexibility index (Phi) is 7.20. The van der Waals surface area contributed by atoms with Crippen molar-refractivity contribution in [2.24, 2.45) is 0 Å². The quantitative estimate of drug-likeness (QED) is 0.704. The number of amides is 1. The van der Waals surface area contributed by atoms with E-state index in [2.05, 4.69) is 34.7 Å². The van der Waals surface area contributed by atoms with Crippen molar-refractivity contribution in [2.45, 2.75) is 45.7 Å². The Morgan fingerprint density at radius 3 is 2.48 bits per heavy atom. The largest absolute Gasteiger partial charge is 0.455 e. The molecular weight excluding hydrogens is 388 g/mol. The van der Waals surface area contributed by atoms with E-state index in [0.29, 0.717) is 17.4 Å². The van der Waals surface area contributed by atoms with Crippen molar-refractivity contribution in [3.05, 3.63) is 53.9 Å². The highest BCUT2D eigenvalue weighted by molar-refractivity contribution is 5.94. The van der Waals surface area contributed by atoms with E-state index in [1.54, 1.807) is 12.4 Å². The van der Waals surface area contributed by atoms with Crippen molar-refractivity contribution < 1.29 is 9.53 Å². The topological polar surface area (TPSA) is 48.9 Å². The Balaban J connectivity index is 1.53. The molecule has 0 N–H and O–H groups in total. The standard InChI is InChI=1S/C25H34N4O2/c1-20(2)28-15-13-27(14-16-28)19-22-9-8-21(25(30)29-11-4-3-5-12-29)17-24(22)31-23-7-6-10-26-18-23/h6-10,17-18,20H,3-5,11-16,19H2,1-2H3. The third-order valence-electron chi connectivity index (χ3n) is 6.35. The fourth-order valence-corrected chi connectivity index (χ4v) is 4.41. The molecule has 0 unspecified atom stereocenters. The normalized spacial score (nSPS) is 18.4. The smallest absolute Gasteiger partial charge is 0.253 e. The molecule has 3 heterocycles. The van der Waals surface area contributed by atoms with Crippen LogP contribution in [0.2, 0.25) is 0 Å². The second-order valence-electron chi connectivity index (χ2n) is 8.87. The fourth-order valence-electron chi connectivity index (χ4n) is 4.41. The zero-order chi connectivity index (χ0) is 21.6. The van der Waals surface area contributed by atoms with Gasteiger partial charge in [-0.25, -0.2) is 0 Å².